The maximum Gasteiger partial charge on any atom is 0.226 e. The summed E-state index contributed by atoms with van der Waals surface area (Å²) in [5, 5.41) is 0. The first-order valence-electron chi connectivity index (χ1n) is 4.34. The summed E-state index contributed by atoms with van der Waals surface area (Å²) >= 11 is 0. The molecule has 2 unspecified atom stereocenters. The third-order valence-corrected chi connectivity index (χ3v) is 2.02. The molecule has 0 spiro atoms. The molecule has 1 aromatic carbocycles. The first-order valence-corrected chi connectivity index (χ1v) is 4.34. The van der Waals surface area contributed by atoms with Gasteiger partial charge in [0.2, 0.25) is 6.29 Å². The first-order chi connectivity index (χ1) is 6.29. The fourth-order valence-electron chi connectivity index (χ4n) is 1.11. The molecular weight excluding hydrogens is 164 g/mol. The van der Waals surface area contributed by atoms with Crippen molar-refractivity contribution < 1.29 is 9.47 Å². The zero-order chi connectivity index (χ0) is 9.26. The summed E-state index contributed by atoms with van der Waals surface area (Å²) in [6.45, 7) is 5.67. The first kappa shape index (κ1) is 8.32. The van der Waals surface area contributed by atoms with Crippen LogP contribution in [0.4, 0.5) is 0 Å². The smallest absolute Gasteiger partial charge is 0.226 e. The highest BCUT2D eigenvalue weighted by Crippen LogP contribution is 2.25. The molecule has 1 aromatic rings. The fourth-order valence-corrected chi connectivity index (χ4v) is 1.11. The maximum absolute atomic E-state index is 5.48. The molecule has 2 heteroatoms. The summed E-state index contributed by atoms with van der Waals surface area (Å²) in [6.07, 6.45) is 1.99. The molecule has 1 heterocycles. The van der Waals surface area contributed by atoms with Gasteiger partial charge >= 0.3 is 0 Å². The topological polar surface area (TPSA) is 21.8 Å². The van der Waals surface area contributed by atoms with Crippen LogP contribution in [-0.4, -0.2) is 12.4 Å². The van der Waals surface area contributed by atoms with E-state index in [1.807, 2.05) is 31.2 Å². The van der Waals surface area contributed by atoms with Crippen LogP contribution in [0.3, 0.4) is 0 Å². The lowest BCUT2D eigenvalue weighted by Crippen LogP contribution is -2.00. The second-order valence-corrected chi connectivity index (χ2v) is 3.10. The molecule has 1 aliphatic rings. The van der Waals surface area contributed by atoms with E-state index >= 15 is 0 Å². The van der Waals surface area contributed by atoms with Gasteiger partial charge in [-0.25, -0.2) is 0 Å². The molecule has 0 aliphatic carbocycles. The molecule has 2 atom stereocenters. The maximum atomic E-state index is 5.48. The standard InChI is InChI=1S/C11H12O2/c1-3-9-4-6-10(7-5-9)13-11-8(2)12-11/h3-8,11H,1H2,2H3. The molecule has 1 fully saturated rings. The Kier molecular flexibility index (Phi) is 2.07. The summed E-state index contributed by atoms with van der Waals surface area (Å²) in [7, 11) is 0. The lowest BCUT2D eigenvalue weighted by Gasteiger charge is -2.01. The average molecular weight is 176 g/mol. The van der Waals surface area contributed by atoms with E-state index in [0.29, 0.717) is 0 Å². The second-order valence-electron chi connectivity index (χ2n) is 3.10. The van der Waals surface area contributed by atoms with Crippen LogP contribution in [0.15, 0.2) is 30.8 Å². The number of ether oxygens (including phenoxy) is 2. The van der Waals surface area contributed by atoms with E-state index in [2.05, 4.69) is 6.58 Å². The van der Waals surface area contributed by atoms with Gasteiger partial charge in [-0.1, -0.05) is 24.8 Å². The largest absolute Gasteiger partial charge is 0.462 e. The van der Waals surface area contributed by atoms with Gasteiger partial charge in [0.25, 0.3) is 0 Å². The van der Waals surface area contributed by atoms with E-state index in [1.54, 1.807) is 6.08 Å². The number of rotatable bonds is 3. The lowest BCUT2D eigenvalue weighted by atomic mass is 10.2. The van der Waals surface area contributed by atoms with E-state index in [0.717, 1.165) is 11.3 Å². The van der Waals surface area contributed by atoms with Gasteiger partial charge in [-0.05, 0) is 24.6 Å². The van der Waals surface area contributed by atoms with Crippen LogP contribution < -0.4 is 4.74 Å². The average Bonchev–Trinajstić information content (AvgIpc) is 2.83. The van der Waals surface area contributed by atoms with E-state index in [9.17, 15) is 0 Å². The van der Waals surface area contributed by atoms with Crippen LogP contribution in [0.2, 0.25) is 0 Å². The second kappa shape index (κ2) is 3.23. The number of benzene rings is 1. The highest BCUT2D eigenvalue weighted by Gasteiger charge is 2.36. The van der Waals surface area contributed by atoms with Gasteiger partial charge in [0, 0.05) is 0 Å². The fraction of sp³-hybridized carbons (Fsp3) is 0.273. The van der Waals surface area contributed by atoms with Crippen LogP contribution in [0, 0.1) is 0 Å². The molecule has 0 saturated carbocycles. The van der Waals surface area contributed by atoms with Crippen LogP contribution in [0.25, 0.3) is 6.08 Å². The summed E-state index contributed by atoms with van der Waals surface area (Å²) in [5.41, 5.74) is 1.09. The highest BCUT2D eigenvalue weighted by atomic mass is 16.8. The predicted octanol–water partition coefficient (Wildman–Crippen LogP) is 2.45. The summed E-state index contributed by atoms with van der Waals surface area (Å²) < 4.78 is 10.6. The van der Waals surface area contributed by atoms with Crippen LogP contribution >= 0.6 is 0 Å². The minimum atomic E-state index is -0.0467. The Morgan fingerprint density at radius 3 is 2.46 bits per heavy atom. The van der Waals surface area contributed by atoms with Crippen LogP contribution in [0.5, 0.6) is 5.75 Å². The van der Waals surface area contributed by atoms with Gasteiger partial charge in [-0.2, -0.15) is 0 Å². The molecule has 68 valence electrons. The van der Waals surface area contributed by atoms with E-state index < -0.39 is 0 Å². The Bertz CT molecular complexity index is 302. The Balaban J connectivity index is 2.01. The molecule has 0 amide bonds. The van der Waals surface area contributed by atoms with Crippen molar-refractivity contribution in [2.75, 3.05) is 0 Å². The molecule has 2 rings (SSSR count). The molecule has 2 nitrogen and oxygen atoms in total. The van der Waals surface area contributed by atoms with Gasteiger partial charge in [0.15, 0.2) is 0 Å². The molecule has 1 aliphatic heterocycles. The minimum absolute atomic E-state index is 0.0467. The lowest BCUT2D eigenvalue weighted by molar-refractivity contribution is 0.178. The molecule has 0 N–H and O–H groups in total. The van der Waals surface area contributed by atoms with Gasteiger partial charge in [-0.15, -0.1) is 0 Å². The zero-order valence-corrected chi connectivity index (χ0v) is 7.57. The Morgan fingerprint density at radius 1 is 1.38 bits per heavy atom. The van der Waals surface area contributed by atoms with Crippen molar-refractivity contribution in [3.05, 3.63) is 36.4 Å². The van der Waals surface area contributed by atoms with Gasteiger partial charge in [-0.3, -0.25) is 0 Å². The Labute approximate surface area is 77.8 Å². The molecule has 0 aromatic heterocycles. The third kappa shape index (κ3) is 1.90. The molecular formula is C11H12O2. The zero-order valence-electron chi connectivity index (χ0n) is 7.57. The van der Waals surface area contributed by atoms with Gasteiger partial charge in [0.05, 0.1) is 0 Å². The van der Waals surface area contributed by atoms with Crippen molar-refractivity contribution in [3.63, 3.8) is 0 Å². The molecule has 0 radical (unpaired) electrons. The summed E-state index contributed by atoms with van der Waals surface area (Å²) in [4.78, 5) is 0. The van der Waals surface area contributed by atoms with Crippen LogP contribution in [-0.2, 0) is 4.74 Å². The summed E-state index contributed by atoms with van der Waals surface area (Å²) in [5.74, 6) is 0.847. The van der Waals surface area contributed by atoms with Crippen molar-refractivity contribution in [2.24, 2.45) is 0 Å². The van der Waals surface area contributed by atoms with E-state index in [-0.39, 0.29) is 12.4 Å². The van der Waals surface area contributed by atoms with Crippen molar-refractivity contribution in [2.45, 2.75) is 19.3 Å². The number of hydrogen-bond acceptors (Lipinski definition) is 2. The Morgan fingerprint density at radius 2 is 2.00 bits per heavy atom. The van der Waals surface area contributed by atoms with Crippen molar-refractivity contribution in [1.82, 2.24) is 0 Å². The number of hydrogen-bond donors (Lipinski definition) is 0. The van der Waals surface area contributed by atoms with E-state index in [1.165, 1.54) is 0 Å². The normalized spacial score (nSPS) is 25.3. The van der Waals surface area contributed by atoms with Crippen LogP contribution in [0.1, 0.15) is 12.5 Å². The molecule has 13 heavy (non-hydrogen) atoms. The number of epoxide rings is 1. The Hall–Kier alpha value is -1.28. The SMILES string of the molecule is C=Cc1ccc(OC2OC2C)cc1. The summed E-state index contributed by atoms with van der Waals surface area (Å²) in [6, 6.07) is 7.78. The van der Waals surface area contributed by atoms with E-state index in [4.69, 9.17) is 9.47 Å². The quantitative estimate of drug-likeness (QED) is 0.660. The van der Waals surface area contributed by atoms with Crippen molar-refractivity contribution in [1.29, 1.82) is 0 Å². The molecule has 1 saturated heterocycles. The van der Waals surface area contributed by atoms with Crippen molar-refractivity contribution >= 4 is 6.08 Å². The third-order valence-electron chi connectivity index (χ3n) is 2.02. The predicted molar refractivity (Wildman–Crippen MR) is 51.5 cm³/mol. The van der Waals surface area contributed by atoms with Gasteiger partial charge in [0.1, 0.15) is 11.9 Å². The van der Waals surface area contributed by atoms with Gasteiger partial charge < -0.3 is 9.47 Å². The van der Waals surface area contributed by atoms with Crippen molar-refractivity contribution in [3.8, 4) is 5.75 Å². The monoisotopic (exact) mass is 176 g/mol. The highest BCUT2D eigenvalue weighted by molar-refractivity contribution is 5.48. The molecule has 0 bridgehead atoms. The minimum Gasteiger partial charge on any atom is -0.462 e.